The molecule has 27 heavy (non-hydrogen) atoms. The lowest BCUT2D eigenvalue weighted by Gasteiger charge is -2.21. The largest absolute Gasteiger partial charge is 0.469 e. The predicted molar refractivity (Wildman–Crippen MR) is 119 cm³/mol. The quantitative estimate of drug-likeness (QED) is 0.292. The number of thiophene rings is 1. The van der Waals surface area contributed by atoms with Crippen molar-refractivity contribution < 1.29 is 14.3 Å². The topological polar surface area (TPSA) is 79.0 Å². The van der Waals surface area contributed by atoms with Gasteiger partial charge in [-0.3, -0.25) is 0 Å². The van der Waals surface area contributed by atoms with Gasteiger partial charge < -0.3 is 24.9 Å². The first-order valence-corrected chi connectivity index (χ1v) is 9.90. The second kappa shape index (κ2) is 11.0. The van der Waals surface area contributed by atoms with Gasteiger partial charge in [0.05, 0.1) is 19.4 Å². The summed E-state index contributed by atoms with van der Waals surface area (Å²) >= 11 is 1.54. The standard InChI is InChI=1S/C19H27N3O3S.HI/c1-19(23,17-5-3-11-26-17)14-22-18(21-12-15-7-10-24-13-15)20-8-6-16-4-2-9-25-16;/h2-5,9,11,15,23H,6-8,10,12-14H2,1H3,(H2,20,21,22);1H. The Hall–Kier alpha value is -1.10. The van der Waals surface area contributed by atoms with Crippen LogP contribution >= 0.6 is 35.3 Å². The van der Waals surface area contributed by atoms with Crippen molar-refractivity contribution in [2.45, 2.75) is 25.4 Å². The van der Waals surface area contributed by atoms with Gasteiger partial charge in [-0.15, -0.1) is 35.3 Å². The first-order valence-electron chi connectivity index (χ1n) is 9.02. The van der Waals surface area contributed by atoms with Crippen LogP contribution in [0.1, 0.15) is 24.0 Å². The summed E-state index contributed by atoms with van der Waals surface area (Å²) in [6.07, 6.45) is 3.53. The highest BCUT2D eigenvalue weighted by Gasteiger charge is 2.24. The summed E-state index contributed by atoms with van der Waals surface area (Å²) in [6.45, 7) is 5.24. The van der Waals surface area contributed by atoms with Crippen LogP contribution in [0, 0.1) is 5.92 Å². The highest BCUT2D eigenvalue weighted by Crippen LogP contribution is 2.25. The first-order chi connectivity index (χ1) is 12.6. The van der Waals surface area contributed by atoms with Crippen molar-refractivity contribution >= 4 is 41.3 Å². The molecule has 2 aromatic heterocycles. The van der Waals surface area contributed by atoms with Gasteiger partial charge in [0.15, 0.2) is 5.96 Å². The molecule has 1 saturated heterocycles. The first kappa shape index (κ1) is 22.2. The lowest BCUT2D eigenvalue weighted by molar-refractivity contribution is 0.0711. The summed E-state index contributed by atoms with van der Waals surface area (Å²) in [5.41, 5.74) is -0.972. The average molecular weight is 505 g/mol. The van der Waals surface area contributed by atoms with Gasteiger partial charge in [-0.2, -0.15) is 0 Å². The molecule has 2 aromatic rings. The van der Waals surface area contributed by atoms with Gasteiger partial charge in [-0.25, -0.2) is 4.99 Å². The molecule has 8 heteroatoms. The number of hydrogen-bond donors (Lipinski definition) is 3. The number of hydrogen-bond acceptors (Lipinski definition) is 5. The van der Waals surface area contributed by atoms with E-state index < -0.39 is 5.60 Å². The van der Waals surface area contributed by atoms with Gasteiger partial charge in [0.2, 0.25) is 0 Å². The van der Waals surface area contributed by atoms with Crippen molar-refractivity contribution in [2.24, 2.45) is 10.9 Å². The van der Waals surface area contributed by atoms with E-state index in [4.69, 9.17) is 9.15 Å². The fourth-order valence-corrected chi connectivity index (χ4v) is 3.59. The second-order valence-electron chi connectivity index (χ2n) is 6.78. The minimum absolute atomic E-state index is 0. The minimum Gasteiger partial charge on any atom is -0.469 e. The molecule has 0 spiro atoms. The Bertz CT molecular complexity index is 668. The fraction of sp³-hybridized carbons (Fsp3) is 0.526. The Morgan fingerprint density at radius 1 is 1.37 bits per heavy atom. The predicted octanol–water partition coefficient (Wildman–Crippen LogP) is 2.98. The van der Waals surface area contributed by atoms with E-state index in [9.17, 15) is 5.11 Å². The third kappa shape index (κ3) is 7.10. The summed E-state index contributed by atoms with van der Waals surface area (Å²) in [5, 5.41) is 19.4. The Morgan fingerprint density at radius 3 is 2.93 bits per heavy atom. The van der Waals surface area contributed by atoms with E-state index >= 15 is 0 Å². The van der Waals surface area contributed by atoms with Crippen molar-refractivity contribution in [1.29, 1.82) is 0 Å². The molecule has 0 amide bonds. The SMILES string of the molecule is CC(O)(CN=C(NCCc1ccco1)NCC1CCOC1)c1cccs1.I. The van der Waals surface area contributed by atoms with Crippen molar-refractivity contribution in [2.75, 3.05) is 32.8 Å². The highest BCUT2D eigenvalue weighted by molar-refractivity contribution is 14.0. The van der Waals surface area contributed by atoms with Crippen LogP contribution in [0.15, 0.2) is 45.3 Å². The molecular formula is C19H28IN3O3S. The molecule has 2 atom stereocenters. The van der Waals surface area contributed by atoms with E-state index in [1.165, 1.54) is 0 Å². The Labute approximate surface area is 181 Å². The van der Waals surface area contributed by atoms with Crippen molar-refractivity contribution in [1.82, 2.24) is 10.6 Å². The lowest BCUT2D eigenvalue weighted by Crippen LogP contribution is -2.42. The number of aliphatic hydroxyl groups is 1. The number of guanidine groups is 1. The number of halogens is 1. The smallest absolute Gasteiger partial charge is 0.191 e. The van der Waals surface area contributed by atoms with Crippen LogP contribution in [-0.2, 0) is 16.8 Å². The van der Waals surface area contributed by atoms with Crippen LogP contribution in [0.4, 0.5) is 0 Å². The summed E-state index contributed by atoms with van der Waals surface area (Å²) in [6, 6.07) is 7.73. The Balaban J connectivity index is 0.00000261. The van der Waals surface area contributed by atoms with Gasteiger partial charge in [-0.05, 0) is 36.9 Å². The molecule has 0 bridgehead atoms. The maximum Gasteiger partial charge on any atom is 0.191 e. The van der Waals surface area contributed by atoms with Crippen LogP contribution in [0.5, 0.6) is 0 Å². The third-order valence-corrected chi connectivity index (χ3v) is 5.55. The molecule has 0 saturated carbocycles. The summed E-state index contributed by atoms with van der Waals surface area (Å²) in [7, 11) is 0. The average Bonchev–Trinajstić information content (AvgIpc) is 3.40. The van der Waals surface area contributed by atoms with Crippen molar-refractivity contribution in [3.8, 4) is 0 Å². The molecular weight excluding hydrogens is 477 g/mol. The monoisotopic (exact) mass is 505 g/mol. The number of aliphatic imine (C=N–C) groups is 1. The van der Waals surface area contributed by atoms with Gasteiger partial charge in [-0.1, -0.05) is 6.07 Å². The van der Waals surface area contributed by atoms with Crippen LogP contribution in [0.25, 0.3) is 0 Å². The van der Waals surface area contributed by atoms with E-state index in [1.807, 2.05) is 29.6 Å². The van der Waals surface area contributed by atoms with Gasteiger partial charge in [0, 0.05) is 36.9 Å². The van der Waals surface area contributed by atoms with E-state index in [-0.39, 0.29) is 24.0 Å². The number of furan rings is 1. The highest BCUT2D eigenvalue weighted by atomic mass is 127. The molecule has 0 aromatic carbocycles. The number of ether oxygens (including phenoxy) is 1. The minimum atomic E-state index is -0.972. The molecule has 0 aliphatic carbocycles. The number of rotatable bonds is 8. The molecule has 3 N–H and O–H groups in total. The molecule has 150 valence electrons. The van der Waals surface area contributed by atoms with Gasteiger partial charge in [0.25, 0.3) is 0 Å². The Kier molecular flexibility index (Phi) is 9.07. The third-order valence-electron chi connectivity index (χ3n) is 4.42. The fourth-order valence-electron chi connectivity index (χ4n) is 2.81. The lowest BCUT2D eigenvalue weighted by atomic mass is 10.1. The van der Waals surface area contributed by atoms with E-state index in [0.29, 0.717) is 25.0 Å². The zero-order valence-corrected chi connectivity index (χ0v) is 18.7. The van der Waals surface area contributed by atoms with Gasteiger partial charge in [0.1, 0.15) is 11.4 Å². The Morgan fingerprint density at radius 2 is 2.26 bits per heavy atom. The molecule has 3 rings (SSSR count). The van der Waals surface area contributed by atoms with Gasteiger partial charge >= 0.3 is 0 Å². The summed E-state index contributed by atoms with van der Waals surface area (Å²) in [5.74, 6) is 2.15. The van der Waals surface area contributed by atoms with Crippen molar-refractivity contribution in [3.63, 3.8) is 0 Å². The van der Waals surface area contributed by atoms with E-state index in [0.717, 1.165) is 43.2 Å². The second-order valence-corrected chi connectivity index (χ2v) is 7.73. The molecule has 0 radical (unpaired) electrons. The normalized spacial score (nSPS) is 19.3. The van der Waals surface area contributed by atoms with Crippen molar-refractivity contribution in [3.05, 3.63) is 46.5 Å². The zero-order chi connectivity index (χ0) is 18.2. The molecule has 6 nitrogen and oxygen atoms in total. The molecule has 1 aliphatic heterocycles. The van der Waals surface area contributed by atoms with Crippen LogP contribution in [0.3, 0.4) is 0 Å². The molecule has 1 fully saturated rings. The zero-order valence-electron chi connectivity index (χ0n) is 15.5. The number of nitrogens with zero attached hydrogens (tertiary/aromatic N) is 1. The summed E-state index contributed by atoms with van der Waals surface area (Å²) < 4.78 is 10.8. The van der Waals surface area contributed by atoms with Crippen LogP contribution < -0.4 is 10.6 Å². The molecule has 3 heterocycles. The maximum absolute atomic E-state index is 10.7. The van der Waals surface area contributed by atoms with E-state index in [2.05, 4.69) is 15.6 Å². The number of nitrogens with one attached hydrogen (secondary N) is 2. The molecule has 1 aliphatic rings. The van der Waals surface area contributed by atoms with E-state index in [1.54, 1.807) is 24.5 Å². The van der Waals surface area contributed by atoms with Crippen LogP contribution in [-0.4, -0.2) is 43.9 Å². The summed E-state index contributed by atoms with van der Waals surface area (Å²) in [4.78, 5) is 5.53. The molecule has 2 unspecified atom stereocenters. The maximum atomic E-state index is 10.7. The van der Waals surface area contributed by atoms with Crippen LogP contribution in [0.2, 0.25) is 0 Å².